The zero-order valence-corrected chi connectivity index (χ0v) is 26.4. The third-order valence-electron chi connectivity index (χ3n) is 9.09. The van der Waals surface area contributed by atoms with E-state index in [1.807, 2.05) is 61.0 Å². The van der Waals surface area contributed by atoms with Crippen molar-refractivity contribution in [2.75, 3.05) is 43.4 Å². The first-order valence-corrected chi connectivity index (χ1v) is 16.0. The number of piperazine rings is 1. The molecular formula is C34H40ClN7O2. The van der Waals surface area contributed by atoms with Crippen molar-refractivity contribution in [3.05, 3.63) is 75.7 Å². The molecule has 1 aliphatic heterocycles. The molecule has 2 aromatic heterocycles. The third-order valence-corrected chi connectivity index (χ3v) is 9.42. The fourth-order valence-electron chi connectivity index (χ4n) is 6.47. The molecule has 10 heteroatoms. The average Bonchev–Trinajstić information content (AvgIpc) is 3.03. The topological polar surface area (TPSA) is 95.4 Å². The van der Waals surface area contributed by atoms with Crippen molar-refractivity contribution < 1.29 is 4.79 Å². The van der Waals surface area contributed by atoms with E-state index in [1.165, 1.54) is 5.69 Å². The lowest BCUT2D eigenvalue weighted by Gasteiger charge is -2.34. The lowest BCUT2D eigenvalue weighted by Crippen LogP contribution is -2.44. The lowest BCUT2D eigenvalue weighted by atomic mass is 9.90. The Balaban J connectivity index is 1.35. The summed E-state index contributed by atoms with van der Waals surface area (Å²) in [6, 6.07) is 15.9. The Bertz CT molecular complexity index is 1710. The number of carbonyl (C=O) groups is 1. The molecule has 0 unspecified atom stereocenters. The Hall–Kier alpha value is -3.95. The Labute approximate surface area is 263 Å². The van der Waals surface area contributed by atoms with Crippen LogP contribution in [0.2, 0.25) is 5.02 Å². The van der Waals surface area contributed by atoms with Crippen molar-refractivity contribution >= 4 is 45.9 Å². The van der Waals surface area contributed by atoms with Crippen LogP contribution < -0.4 is 21.1 Å². The van der Waals surface area contributed by atoms with Gasteiger partial charge < -0.3 is 20.4 Å². The van der Waals surface area contributed by atoms with Crippen LogP contribution in [0.3, 0.4) is 0 Å². The number of aryl methyl sites for hydroxylation is 1. The van der Waals surface area contributed by atoms with Crippen molar-refractivity contribution in [3.8, 4) is 11.1 Å². The van der Waals surface area contributed by atoms with Gasteiger partial charge in [0.15, 0.2) is 0 Å². The second kappa shape index (κ2) is 13.0. The highest BCUT2D eigenvalue weighted by molar-refractivity contribution is 6.33. The molecule has 2 N–H and O–H groups in total. The molecule has 4 aromatic rings. The van der Waals surface area contributed by atoms with E-state index in [-0.39, 0.29) is 23.6 Å². The number of hydrogen-bond acceptors (Lipinski definition) is 7. The van der Waals surface area contributed by atoms with Gasteiger partial charge in [-0.1, -0.05) is 36.7 Å². The number of amides is 1. The summed E-state index contributed by atoms with van der Waals surface area (Å²) in [6.07, 6.45) is 5.39. The minimum Gasteiger partial charge on any atom is -0.369 e. The van der Waals surface area contributed by atoms with Crippen LogP contribution in [-0.4, -0.2) is 64.6 Å². The number of fused-ring (bicyclic) bond motifs is 1. The molecule has 2 aromatic carbocycles. The van der Waals surface area contributed by atoms with E-state index in [0.717, 1.165) is 68.5 Å². The van der Waals surface area contributed by atoms with Gasteiger partial charge in [-0.15, -0.1) is 0 Å². The third kappa shape index (κ3) is 6.16. The first-order valence-electron chi connectivity index (χ1n) is 15.6. The summed E-state index contributed by atoms with van der Waals surface area (Å²) >= 11 is 6.62. The molecule has 0 radical (unpaired) electrons. The van der Waals surface area contributed by atoms with Gasteiger partial charge in [-0.3, -0.25) is 14.2 Å². The van der Waals surface area contributed by atoms with Crippen molar-refractivity contribution in [2.24, 2.45) is 0 Å². The Morgan fingerprint density at radius 3 is 2.39 bits per heavy atom. The van der Waals surface area contributed by atoms with Gasteiger partial charge in [0.25, 0.3) is 5.56 Å². The maximum Gasteiger partial charge on any atom is 0.260 e. The van der Waals surface area contributed by atoms with Crippen LogP contribution in [0.25, 0.3) is 22.2 Å². The fourth-order valence-corrected chi connectivity index (χ4v) is 6.70. The van der Waals surface area contributed by atoms with E-state index < -0.39 is 0 Å². The van der Waals surface area contributed by atoms with Gasteiger partial charge in [0.05, 0.1) is 5.56 Å². The van der Waals surface area contributed by atoms with Crippen LogP contribution in [-0.2, 0) is 4.79 Å². The fraction of sp³-hybridized carbons (Fsp3) is 0.412. The van der Waals surface area contributed by atoms with Crippen LogP contribution in [0.5, 0.6) is 0 Å². The molecule has 1 amide bonds. The number of hydrogen-bond donors (Lipinski definition) is 2. The molecule has 230 valence electrons. The van der Waals surface area contributed by atoms with Crippen molar-refractivity contribution in [1.82, 2.24) is 24.8 Å². The molecule has 6 rings (SSSR count). The van der Waals surface area contributed by atoms with Gasteiger partial charge in [0, 0.05) is 78.2 Å². The maximum absolute atomic E-state index is 14.4. The summed E-state index contributed by atoms with van der Waals surface area (Å²) in [7, 11) is 2.16. The molecule has 1 aliphatic carbocycles. The van der Waals surface area contributed by atoms with Crippen LogP contribution >= 0.6 is 11.6 Å². The van der Waals surface area contributed by atoms with E-state index >= 15 is 0 Å². The Morgan fingerprint density at radius 1 is 1.00 bits per heavy atom. The summed E-state index contributed by atoms with van der Waals surface area (Å²) < 4.78 is 1.85. The molecule has 0 spiro atoms. The molecule has 0 bridgehead atoms. The van der Waals surface area contributed by atoms with Crippen LogP contribution in [0.15, 0.2) is 59.5 Å². The summed E-state index contributed by atoms with van der Waals surface area (Å²) in [5, 5.41) is 7.83. The summed E-state index contributed by atoms with van der Waals surface area (Å²) in [6.45, 7) is 7.94. The van der Waals surface area contributed by atoms with Gasteiger partial charge >= 0.3 is 0 Å². The maximum atomic E-state index is 14.4. The molecule has 9 nitrogen and oxygen atoms in total. The number of rotatable bonds is 7. The summed E-state index contributed by atoms with van der Waals surface area (Å²) in [5.74, 6) is 0.499. The first-order chi connectivity index (χ1) is 21.3. The second-order valence-electron chi connectivity index (χ2n) is 12.0. The number of nitrogens with zero attached hydrogens (tertiary/aromatic N) is 5. The highest BCUT2D eigenvalue weighted by Gasteiger charge is 2.28. The first kappa shape index (κ1) is 30.1. The average molecular weight is 614 g/mol. The highest BCUT2D eigenvalue weighted by Crippen LogP contribution is 2.35. The van der Waals surface area contributed by atoms with E-state index in [9.17, 15) is 9.59 Å². The largest absolute Gasteiger partial charge is 0.369 e. The number of pyridine rings is 1. The normalized spacial score (nSPS) is 19.2. The number of likely N-dealkylation sites (N-methyl/N-ethyl adjacent to an activating group) is 1. The Morgan fingerprint density at radius 2 is 1.70 bits per heavy atom. The van der Waals surface area contributed by atoms with E-state index in [2.05, 4.69) is 44.6 Å². The number of aromatic nitrogens is 3. The van der Waals surface area contributed by atoms with Gasteiger partial charge in [-0.25, -0.2) is 4.98 Å². The van der Waals surface area contributed by atoms with Crippen molar-refractivity contribution in [3.63, 3.8) is 0 Å². The zero-order chi connectivity index (χ0) is 30.8. The van der Waals surface area contributed by atoms with Gasteiger partial charge in [0.2, 0.25) is 11.9 Å². The van der Waals surface area contributed by atoms with Crippen LogP contribution in [0.1, 0.15) is 50.6 Å². The summed E-state index contributed by atoms with van der Waals surface area (Å²) in [4.78, 5) is 40.8. The van der Waals surface area contributed by atoms with Gasteiger partial charge in [0.1, 0.15) is 5.65 Å². The minimum atomic E-state index is -0.106. The molecule has 2 aliphatic rings. The number of benzene rings is 2. The standard InChI is InChI=1S/C34H40ClN7O2/c1-4-30(43)37-23-11-15-26(16-12-23)42-32-28(22(2)31(33(42)44)27-7-5-6-8-29(27)35)21-36-34(39-32)38-24-9-13-25(14-10-24)41-19-17-40(3)18-20-41/h5-10,13-14,21,23,26H,4,11-12,15-20H2,1-3H3,(H,37,43)(H,36,38,39)/t23-,26+. The number of nitrogens with one attached hydrogen (secondary N) is 2. The van der Waals surface area contributed by atoms with Gasteiger partial charge in [-0.2, -0.15) is 4.98 Å². The highest BCUT2D eigenvalue weighted by atomic mass is 35.5. The monoisotopic (exact) mass is 613 g/mol. The summed E-state index contributed by atoms with van der Waals surface area (Å²) in [5.41, 5.74) is 4.67. The number of halogens is 1. The zero-order valence-electron chi connectivity index (χ0n) is 25.6. The molecular weight excluding hydrogens is 574 g/mol. The molecule has 44 heavy (non-hydrogen) atoms. The van der Waals surface area contributed by atoms with Gasteiger partial charge in [-0.05, 0) is 75.5 Å². The molecule has 1 saturated carbocycles. The molecule has 2 fully saturated rings. The SMILES string of the molecule is CCC(=O)N[C@H]1CC[C@@H](n2c(=O)c(-c3ccccc3Cl)c(C)c3cnc(Nc4ccc(N5CCN(C)CC5)cc4)nc32)CC1. The predicted molar refractivity (Wildman–Crippen MR) is 178 cm³/mol. The number of carbonyl (C=O) groups excluding carboxylic acids is 1. The smallest absolute Gasteiger partial charge is 0.260 e. The van der Waals surface area contributed by atoms with E-state index in [4.69, 9.17) is 16.6 Å². The molecule has 0 atom stereocenters. The molecule has 1 saturated heterocycles. The molecule has 3 heterocycles. The van der Waals surface area contributed by atoms with Crippen molar-refractivity contribution in [1.29, 1.82) is 0 Å². The minimum absolute atomic E-state index is 0.0624. The number of anilines is 3. The van der Waals surface area contributed by atoms with E-state index in [1.54, 1.807) is 0 Å². The van der Waals surface area contributed by atoms with Crippen LogP contribution in [0, 0.1) is 6.92 Å². The van der Waals surface area contributed by atoms with E-state index in [0.29, 0.717) is 34.2 Å². The van der Waals surface area contributed by atoms with Crippen molar-refractivity contribution in [2.45, 2.75) is 58.0 Å². The quantitative estimate of drug-likeness (QED) is 0.267. The Kier molecular flexibility index (Phi) is 8.86. The van der Waals surface area contributed by atoms with Crippen LogP contribution in [0.4, 0.5) is 17.3 Å². The second-order valence-corrected chi connectivity index (χ2v) is 12.4. The predicted octanol–water partition coefficient (Wildman–Crippen LogP) is 5.93. The lowest BCUT2D eigenvalue weighted by molar-refractivity contribution is -0.121.